The van der Waals surface area contributed by atoms with Crippen molar-refractivity contribution in [2.75, 3.05) is 26.2 Å². The van der Waals surface area contributed by atoms with E-state index in [0.29, 0.717) is 13.1 Å². The lowest BCUT2D eigenvalue weighted by Crippen LogP contribution is -2.67. The number of nitrogens with zero attached hydrogens (tertiary/aromatic N) is 4. The molecule has 35 heavy (non-hydrogen) atoms. The van der Waals surface area contributed by atoms with Crippen molar-refractivity contribution >= 4 is 10.0 Å². The standard InChI is InChI=1S/C27H34N4O3S/c1-19-7-6-8-23(20(19)2)21-9-11-22(12-10-21)26-24-17-30(14-4-5-15-31(24)25(26)18-32)35(33,34)27-28-13-16-29(27)3/h6-13,16,24-26,32H,4-5,14-15,17-18H2,1-3H3. The molecule has 1 N–H and O–H groups in total. The van der Waals surface area contributed by atoms with Gasteiger partial charge in [0.15, 0.2) is 0 Å². The minimum Gasteiger partial charge on any atom is -0.395 e. The van der Waals surface area contributed by atoms with Crippen molar-refractivity contribution in [1.29, 1.82) is 0 Å². The predicted molar refractivity (Wildman–Crippen MR) is 137 cm³/mol. The summed E-state index contributed by atoms with van der Waals surface area (Å²) >= 11 is 0. The van der Waals surface area contributed by atoms with Crippen molar-refractivity contribution in [3.63, 3.8) is 0 Å². The first kappa shape index (κ1) is 24.2. The van der Waals surface area contributed by atoms with Crippen LogP contribution in [0, 0.1) is 13.8 Å². The summed E-state index contributed by atoms with van der Waals surface area (Å²) in [5, 5.41) is 10.3. The minimum absolute atomic E-state index is 0.00220. The molecular weight excluding hydrogens is 460 g/mol. The molecule has 2 aliphatic rings. The monoisotopic (exact) mass is 494 g/mol. The van der Waals surface area contributed by atoms with Gasteiger partial charge in [-0.05, 0) is 61.1 Å². The van der Waals surface area contributed by atoms with Gasteiger partial charge in [0.25, 0.3) is 10.0 Å². The molecule has 5 rings (SSSR count). The summed E-state index contributed by atoms with van der Waals surface area (Å²) in [6.07, 6.45) is 4.88. The first-order valence-electron chi connectivity index (χ1n) is 12.3. The number of sulfonamides is 1. The first-order chi connectivity index (χ1) is 16.8. The van der Waals surface area contributed by atoms with Crippen molar-refractivity contribution in [2.24, 2.45) is 7.05 Å². The lowest BCUT2D eigenvalue weighted by Gasteiger charge is -2.57. The SMILES string of the molecule is Cc1cccc(-c2ccc(C3C(CO)N4CCCCN(S(=O)(=O)c5nccn5C)CC34)cc2)c1C. The molecule has 0 aliphatic carbocycles. The summed E-state index contributed by atoms with van der Waals surface area (Å²) in [4.78, 5) is 6.41. The van der Waals surface area contributed by atoms with Crippen molar-refractivity contribution in [1.82, 2.24) is 18.8 Å². The fraction of sp³-hybridized carbons (Fsp3) is 0.444. The summed E-state index contributed by atoms with van der Waals surface area (Å²) in [7, 11) is -1.99. The molecule has 2 aromatic carbocycles. The third-order valence-corrected chi connectivity index (χ3v) is 9.76. The number of aryl methyl sites for hydroxylation is 2. The Morgan fingerprint density at radius 1 is 1.06 bits per heavy atom. The van der Waals surface area contributed by atoms with E-state index in [0.717, 1.165) is 24.9 Å². The van der Waals surface area contributed by atoms with Crippen LogP contribution in [0.5, 0.6) is 0 Å². The Morgan fingerprint density at radius 3 is 2.49 bits per heavy atom. The maximum absolute atomic E-state index is 13.4. The molecule has 0 radical (unpaired) electrons. The summed E-state index contributed by atoms with van der Waals surface area (Å²) in [5.74, 6) is 0.0739. The Balaban J connectivity index is 1.44. The largest absolute Gasteiger partial charge is 0.395 e. The van der Waals surface area contributed by atoms with Crippen molar-refractivity contribution in [2.45, 2.75) is 49.8 Å². The van der Waals surface area contributed by atoms with Crippen LogP contribution in [-0.2, 0) is 17.1 Å². The lowest BCUT2D eigenvalue weighted by atomic mass is 9.74. The van der Waals surface area contributed by atoms with Gasteiger partial charge in [0.2, 0.25) is 5.16 Å². The van der Waals surface area contributed by atoms with Gasteiger partial charge in [-0.25, -0.2) is 13.4 Å². The van der Waals surface area contributed by atoms with Crippen LogP contribution in [-0.4, -0.2) is 70.6 Å². The molecule has 0 amide bonds. The van der Waals surface area contributed by atoms with Crippen LogP contribution in [0.3, 0.4) is 0 Å². The number of imidazole rings is 1. The van der Waals surface area contributed by atoms with Gasteiger partial charge < -0.3 is 9.67 Å². The van der Waals surface area contributed by atoms with Gasteiger partial charge in [0, 0.05) is 50.5 Å². The average Bonchev–Trinajstić information content (AvgIpc) is 3.27. The zero-order chi connectivity index (χ0) is 24.7. The fourth-order valence-corrected chi connectivity index (χ4v) is 7.36. The van der Waals surface area contributed by atoms with Crippen LogP contribution in [0.15, 0.2) is 60.0 Å². The Kier molecular flexibility index (Phi) is 6.57. The molecule has 7 nitrogen and oxygen atoms in total. The molecule has 0 saturated carbocycles. The Morgan fingerprint density at radius 2 is 1.80 bits per heavy atom. The van der Waals surface area contributed by atoms with Gasteiger partial charge in [0.1, 0.15) is 0 Å². The second kappa shape index (κ2) is 9.50. The maximum Gasteiger partial charge on any atom is 0.277 e. The molecular formula is C27H34N4O3S. The van der Waals surface area contributed by atoms with E-state index in [1.54, 1.807) is 22.1 Å². The van der Waals surface area contributed by atoms with E-state index in [4.69, 9.17) is 0 Å². The molecule has 2 fully saturated rings. The van der Waals surface area contributed by atoms with E-state index < -0.39 is 10.0 Å². The molecule has 3 atom stereocenters. The van der Waals surface area contributed by atoms with Crippen molar-refractivity contribution in [3.8, 4) is 11.1 Å². The van der Waals surface area contributed by atoms with E-state index >= 15 is 0 Å². The van der Waals surface area contributed by atoms with Gasteiger partial charge in [0.05, 0.1) is 6.61 Å². The molecule has 3 heterocycles. The molecule has 1 aromatic heterocycles. The molecule has 186 valence electrons. The summed E-state index contributed by atoms with van der Waals surface area (Å²) in [6, 6.07) is 15.0. The van der Waals surface area contributed by atoms with Crippen molar-refractivity contribution < 1.29 is 13.5 Å². The number of aromatic nitrogens is 2. The van der Waals surface area contributed by atoms with Crippen LogP contribution >= 0.6 is 0 Å². The van der Waals surface area contributed by atoms with Crippen LogP contribution in [0.4, 0.5) is 0 Å². The zero-order valence-electron chi connectivity index (χ0n) is 20.6. The number of hydrogen-bond donors (Lipinski definition) is 1. The highest BCUT2D eigenvalue weighted by Gasteiger charge is 2.50. The number of benzene rings is 2. The van der Waals surface area contributed by atoms with Gasteiger partial charge in [-0.15, -0.1) is 0 Å². The number of hydrogen-bond acceptors (Lipinski definition) is 5. The number of rotatable bonds is 5. The van der Waals surface area contributed by atoms with Crippen LogP contribution < -0.4 is 0 Å². The lowest BCUT2D eigenvalue weighted by molar-refractivity contribution is -0.0554. The smallest absolute Gasteiger partial charge is 0.277 e. The predicted octanol–water partition coefficient (Wildman–Crippen LogP) is 3.32. The third kappa shape index (κ3) is 4.22. The van der Waals surface area contributed by atoms with Gasteiger partial charge in [-0.1, -0.05) is 42.5 Å². The molecule has 2 aliphatic heterocycles. The summed E-state index contributed by atoms with van der Waals surface area (Å²) in [6.45, 7) is 6.10. The molecule has 2 saturated heterocycles. The minimum atomic E-state index is -3.70. The number of aliphatic hydroxyl groups is 1. The Labute approximate surface area is 208 Å². The van der Waals surface area contributed by atoms with Crippen LogP contribution in [0.2, 0.25) is 0 Å². The highest BCUT2D eigenvalue weighted by Crippen LogP contribution is 2.43. The molecule has 3 unspecified atom stereocenters. The quantitative estimate of drug-likeness (QED) is 0.589. The Hall–Kier alpha value is -2.52. The molecule has 8 heteroatoms. The summed E-state index contributed by atoms with van der Waals surface area (Å²) < 4.78 is 30.0. The van der Waals surface area contributed by atoms with Gasteiger partial charge in [-0.2, -0.15) is 4.31 Å². The maximum atomic E-state index is 13.4. The van der Waals surface area contributed by atoms with E-state index in [9.17, 15) is 13.5 Å². The van der Waals surface area contributed by atoms with E-state index in [2.05, 4.69) is 66.2 Å². The highest BCUT2D eigenvalue weighted by atomic mass is 32.2. The van der Waals surface area contributed by atoms with E-state index in [1.807, 2.05) is 0 Å². The highest BCUT2D eigenvalue weighted by molar-refractivity contribution is 7.89. The molecule has 0 bridgehead atoms. The number of aliphatic hydroxyl groups excluding tert-OH is 1. The second-order valence-electron chi connectivity index (χ2n) is 9.84. The summed E-state index contributed by atoms with van der Waals surface area (Å²) in [5.41, 5.74) is 6.09. The third-order valence-electron chi connectivity index (χ3n) is 7.89. The topological polar surface area (TPSA) is 78.7 Å². The average molecular weight is 495 g/mol. The van der Waals surface area contributed by atoms with Crippen molar-refractivity contribution in [3.05, 3.63) is 71.5 Å². The molecule has 3 aromatic rings. The normalized spacial score (nSPS) is 23.8. The molecule has 0 spiro atoms. The first-order valence-corrected chi connectivity index (χ1v) is 13.8. The van der Waals surface area contributed by atoms with E-state index in [1.165, 1.54) is 28.5 Å². The number of fused-ring (bicyclic) bond motifs is 1. The van der Waals surface area contributed by atoms with E-state index in [-0.39, 0.29) is 29.8 Å². The second-order valence-corrected chi connectivity index (χ2v) is 11.7. The zero-order valence-corrected chi connectivity index (χ0v) is 21.4. The Bertz CT molecular complexity index is 1300. The van der Waals surface area contributed by atoms with Gasteiger partial charge in [-0.3, -0.25) is 4.90 Å². The fourth-order valence-electron chi connectivity index (χ4n) is 5.79. The van der Waals surface area contributed by atoms with Crippen LogP contribution in [0.1, 0.15) is 35.4 Å². The van der Waals surface area contributed by atoms with Crippen LogP contribution in [0.25, 0.3) is 11.1 Å². The van der Waals surface area contributed by atoms with Gasteiger partial charge >= 0.3 is 0 Å².